The number of carboxylic acid groups (broad SMARTS) is 3. The average Bonchev–Trinajstić information content (AvgIpc) is 2.32. The van der Waals surface area contributed by atoms with E-state index < -0.39 is 29.8 Å². The van der Waals surface area contributed by atoms with E-state index in [1.165, 1.54) is 0 Å². The molecule has 0 spiro atoms. The van der Waals surface area contributed by atoms with Crippen molar-refractivity contribution in [1.82, 2.24) is 0 Å². The highest BCUT2D eigenvalue weighted by Gasteiger charge is 2.05. The van der Waals surface area contributed by atoms with Crippen molar-refractivity contribution in [2.75, 3.05) is 0 Å². The lowest BCUT2D eigenvalue weighted by Crippen LogP contribution is -2.06. The minimum Gasteiger partial charge on any atom is -0.478 e. The van der Waals surface area contributed by atoms with Crippen LogP contribution in [0.4, 0.5) is 0 Å². The Balaban J connectivity index is 0. The fourth-order valence-corrected chi connectivity index (χ4v) is 0.779. The van der Waals surface area contributed by atoms with Crippen molar-refractivity contribution in [3.05, 3.63) is 23.8 Å². The molecule has 0 radical (unpaired) electrons. The van der Waals surface area contributed by atoms with Crippen LogP contribution in [0.5, 0.6) is 0 Å². The van der Waals surface area contributed by atoms with Gasteiger partial charge in [-0.15, -0.1) is 0 Å². The standard InChI is InChI=1S/C6H6O5.C6H8O4/c1-4(7)11-6(10)3-2-5(8)9;1-2-4(6(9)10)3-5(7)8/h2-3H,1H3,(H,8,9);3H,2H2,1H3,(H,7,8)(H,9,10). The van der Waals surface area contributed by atoms with Gasteiger partial charge in [-0.2, -0.15) is 0 Å². The van der Waals surface area contributed by atoms with Crippen LogP contribution in [0, 0.1) is 0 Å². The molecule has 9 heteroatoms. The van der Waals surface area contributed by atoms with Gasteiger partial charge in [0.2, 0.25) is 0 Å². The van der Waals surface area contributed by atoms with E-state index in [-0.39, 0.29) is 12.0 Å². The fraction of sp³-hybridized carbons (Fsp3) is 0.250. The van der Waals surface area contributed by atoms with Gasteiger partial charge in [0.25, 0.3) is 0 Å². The summed E-state index contributed by atoms with van der Waals surface area (Å²) in [5.41, 5.74) is -0.0903. The van der Waals surface area contributed by atoms with Gasteiger partial charge in [-0.05, 0) is 6.42 Å². The Morgan fingerprint density at radius 3 is 1.71 bits per heavy atom. The number of hydrogen-bond donors (Lipinski definition) is 3. The Morgan fingerprint density at radius 1 is 0.952 bits per heavy atom. The number of hydrogen-bond acceptors (Lipinski definition) is 6. The van der Waals surface area contributed by atoms with Gasteiger partial charge in [0.15, 0.2) is 0 Å². The summed E-state index contributed by atoms with van der Waals surface area (Å²) >= 11 is 0. The first-order valence-electron chi connectivity index (χ1n) is 5.40. The van der Waals surface area contributed by atoms with Crippen molar-refractivity contribution in [1.29, 1.82) is 0 Å². The minimum atomic E-state index is -1.27. The Labute approximate surface area is 119 Å². The molecule has 0 bridgehead atoms. The predicted octanol–water partition coefficient (Wildman–Crippen LogP) is 0.209. The Morgan fingerprint density at radius 2 is 1.48 bits per heavy atom. The third kappa shape index (κ3) is 15.0. The van der Waals surface area contributed by atoms with E-state index in [4.69, 9.17) is 15.3 Å². The molecule has 0 unspecified atom stereocenters. The highest BCUT2D eigenvalue weighted by molar-refractivity contribution is 5.95. The van der Waals surface area contributed by atoms with Crippen LogP contribution in [-0.4, -0.2) is 45.2 Å². The van der Waals surface area contributed by atoms with E-state index in [1.54, 1.807) is 6.92 Å². The number of rotatable bonds is 5. The van der Waals surface area contributed by atoms with Crippen molar-refractivity contribution < 1.29 is 44.0 Å². The number of carbonyl (C=O) groups excluding carboxylic acids is 2. The van der Waals surface area contributed by atoms with Gasteiger partial charge in [-0.25, -0.2) is 19.2 Å². The molecule has 0 aliphatic rings. The molecular weight excluding hydrogens is 288 g/mol. The monoisotopic (exact) mass is 302 g/mol. The van der Waals surface area contributed by atoms with Crippen LogP contribution in [0.15, 0.2) is 23.8 Å². The first-order valence-corrected chi connectivity index (χ1v) is 5.40. The van der Waals surface area contributed by atoms with Crippen LogP contribution < -0.4 is 0 Å². The molecule has 0 saturated heterocycles. The van der Waals surface area contributed by atoms with E-state index in [9.17, 15) is 24.0 Å². The van der Waals surface area contributed by atoms with Gasteiger partial charge in [-0.1, -0.05) is 6.92 Å². The summed E-state index contributed by atoms with van der Waals surface area (Å²) in [4.78, 5) is 50.3. The summed E-state index contributed by atoms with van der Waals surface area (Å²) < 4.78 is 3.97. The molecule has 21 heavy (non-hydrogen) atoms. The minimum absolute atomic E-state index is 0.0903. The van der Waals surface area contributed by atoms with Gasteiger partial charge in [0.05, 0.1) is 0 Å². The normalized spacial score (nSPS) is 10.3. The lowest BCUT2D eigenvalue weighted by Gasteiger charge is -1.92. The molecule has 0 atom stereocenters. The van der Waals surface area contributed by atoms with E-state index in [0.717, 1.165) is 6.92 Å². The van der Waals surface area contributed by atoms with E-state index in [2.05, 4.69) is 4.74 Å². The SMILES string of the molecule is CC(=O)OC(=O)C=CC(=O)O.CCC(=CC(=O)O)C(=O)O. The number of aliphatic carboxylic acids is 3. The van der Waals surface area contributed by atoms with Crippen LogP contribution in [0.25, 0.3) is 0 Å². The molecule has 0 aromatic carbocycles. The highest BCUT2D eigenvalue weighted by atomic mass is 16.6. The molecule has 116 valence electrons. The largest absolute Gasteiger partial charge is 0.478 e. The zero-order valence-electron chi connectivity index (χ0n) is 11.2. The predicted molar refractivity (Wildman–Crippen MR) is 67.2 cm³/mol. The number of ether oxygens (including phenoxy) is 1. The molecular formula is C12H14O9. The summed E-state index contributed by atoms with van der Waals surface area (Å²) in [7, 11) is 0. The molecule has 0 fully saturated rings. The van der Waals surface area contributed by atoms with E-state index >= 15 is 0 Å². The maximum absolute atomic E-state index is 10.4. The Kier molecular flexibility index (Phi) is 10.6. The molecule has 0 amide bonds. The number of esters is 2. The Bertz CT molecular complexity index is 485. The lowest BCUT2D eigenvalue weighted by atomic mass is 10.2. The summed E-state index contributed by atoms with van der Waals surface area (Å²) in [5.74, 6) is -5.43. The van der Waals surface area contributed by atoms with Crippen LogP contribution >= 0.6 is 0 Å². The molecule has 0 aliphatic heterocycles. The lowest BCUT2D eigenvalue weighted by molar-refractivity contribution is -0.154. The second kappa shape index (κ2) is 10.9. The maximum atomic E-state index is 10.4. The topological polar surface area (TPSA) is 155 Å². The first kappa shape index (κ1) is 20.3. The zero-order valence-corrected chi connectivity index (χ0v) is 11.2. The van der Waals surface area contributed by atoms with Gasteiger partial charge in [0, 0.05) is 30.7 Å². The molecule has 0 aromatic rings. The summed E-state index contributed by atoms with van der Waals surface area (Å²) in [6.45, 7) is 2.63. The van der Waals surface area contributed by atoms with E-state index in [0.29, 0.717) is 18.2 Å². The van der Waals surface area contributed by atoms with Crippen LogP contribution in [0.3, 0.4) is 0 Å². The van der Waals surface area contributed by atoms with Crippen molar-refractivity contribution >= 4 is 29.8 Å². The third-order valence-electron chi connectivity index (χ3n) is 1.56. The van der Waals surface area contributed by atoms with Crippen molar-refractivity contribution in [3.63, 3.8) is 0 Å². The van der Waals surface area contributed by atoms with Crippen molar-refractivity contribution in [2.45, 2.75) is 20.3 Å². The van der Waals surface area contributed by atoms with E-state index in [1.807, 2.05) is 0 Å². The van der Waals surface area contributed by atoms with Crippen LogP contribution in [-0.2, 0) is 28.7 Å². The smallest absolute Gasteiger partial charge is 0.338 e. The number of carbonyl (C=O) groups is 5. The van der Waals surface area contributed by atoms with Gasteiger partial charge in [-0.3, -0.25) is 4.79 Å². The second-order valence-electron chi connectivity index (χ2n) is 3.25. The van der Waals surface area contributed by atoms with Crippen LogP contribution in [0.2, 0.25) is 0 Å². The fourth-order valence-electron chi connectivity index (χ4n) is 0.779. The number of carboxylic acids is 3. The van der Waals surface area contributed by atoms with Gasteiger partial charge in [0.1, 0.15) is 0 Å². The quantitative estimate of drug-likeness (QED) is 0.367. The van der Waals surface area contributed by atoms with Crippen molar-refractivity contribution in [2.24, 2.45) is 0 Å². The highest BCUT2D eigenvalue weighted by Crippen LogP contribution is 1.98. The molecule has 0 rings (SSSR count). The molecule has 0 saturated carbocycles. The van der Waals surface area contributed by atoms with Gasteiger partial charge >= 0.3 is 29.8 Å². The molecule has 0 aliphatic carbocycles. The molecule has 3 N–H and O–H groups in total. The molecule has 0 heterocycles. The molecule has 9 nitrogen and oxygen atoms in total. The summed E-state index contributed by atoms with van der Waals surface area (Å²) in [5, 5.41) is 24.4. The average molecular weight is 302 g/mol. The second-order valence-corrected chi connectivity index (χ2v) is 3.25. The maximum Gasteiger partial charge on any atom is 0.338 e. The summed E-state index contributed by atoms with van der Waals surface area (Å²) in [6, 6.07) is 0. The first-order chi connectivity index (χ1) is 9.59. The van der Waals surface area contributed by atoms with Crippen LogP contribution in [0.1, 0.15) is 20.3 Å². The zero-order chi connectivity index (χ0) is 17.0. The van der Waals surface area contributed by atoms with Gasteiger partial charge < -0.3 is 20.1 Å². The molecule has 0 aromatic heterocycles. The Hall–Kier alpha value is -2.97. The third-order valence-corrected chi connectivity index (χ3v) is 1.56. The van der Waals surface area contributed by atoms with Crippen molar-refractivity contribution in [3.8, 4) is 0 Å². The summed E-state index contributed by atoms with van der Waals surface area (Å²) in [6.07, 6.45) is 2.17.